The molecular formula is C26H40. The van der Waals surface area contributed by atoms with Gasteiger partial charge in [-0.05, 0) is 61.0 Å². The minimum Gasteiger partial charge on any atom is -0.0956 e. The van der Waals surface area contributed by atoms with E-state index >= 15 is 0 Å². The molecule has 0 saturated heterocycles. The number of allylic oxidation sites excluding steroid dienone is 3. The van der Waals surface area contributed by atoms with Crippen molar-refractivity contribution in [3.8, 4) is 0 Å². The van der Waals surface area contributed by atoms with E-state index in [9.17, 15) is 0 Å². The molecule has 2 fully saturated rings. The van der Waals surface area contributed by atoms with Crippen LogP contribution in [-0.4, -0.2) is 0 Å². The van der Waals surface area contributed by atoms with Crippen molar-refractivity contribution in [1.82, 2.24) is 0 Å². The number of hydrogen-bond donors (Lipinski definition) is 0. The van der Waals surface area contributed by atoms with Crippen LogP contribution in [0.3, 0.4) is 0 Å². The maximum atomic E-state index is 4.32. The van der Waals surface area contributed by atoms with Crippen LogP contribution in [0.25, 0.3) is 0 Å². The van der Waals surface area contributed by atoms with Crippen LogP contribution in [0.1, 0.15) is 95.6 Å². The lowest BCUT2D eigenvalue weighted by Crippen LogP contribution is -2.13. The lowest BCUT2D eigenvalue weighted by molar-refractivity contribution is 0.324. The summed E-state index contributed by atoms with van der Waals surface area (Å²) in [5.41, 5.74) is 4.33. The van der Waals surface area contributed by atoms with Gasteiger partial charge in [-0.3, -0.25) is 0 Å². The van der Waals surface area contributed by atoms with Crippen molar-refractivity contribution in [2.24, 2.45) is 11.8 Å². The molecule has 0 bridgehead atoms. The number of hydrogen-bond acceptors (Lipinski definition) is 0. The van der Waals surface area contributed by atoms with Crippen molar-refractivity contribution in [2.75, 3.05) is 0 Å². The third-order valence-corrected chi connectivity index (χ3v) is 6.28. The van der Waals surface area contributed by atoms with E-state index in [1.54, 1.807) is 5.56 Å². The molecule has 0 heteroatoms. The zero-order valence-electron chi connectivity index (χ0n) is 17.5. The molecule has 0 aliphatic heterocycles. The van der Waals surface area contributed by atoms with Crippen molar-refractivity contribution in [3.63, 3.8) is 0 Å². The molecule has 0 aromatic heterocycles. The first-order valence-electron chi connectivity index (χ1n) is 11.2. The van der Waals surface area contributed by atoms with Gasteiger partial charge in [0, 0.05) is 0 Å². The summed E-state index contributed by atoms with van der Waals surface area (Å²) in [6, 6.07) is 9.41. The lowest BCUT2D eigenvalue weighted by atomic mass is 9.79. The minimum absolute atomic E-state index is 0.728. The normalized spacial score (nSPS) is 24.1. The number of benzene rings is 1. The molecule has 2 aliphatic carbocycles. The van der Waals surface area contributed by atoms with Crippen LogP contribution in [0.4, 0.5) is 0 Å². The van der Waals surface area contributed by atoms with Gasteiger partial charge in [-0.15, -0.1) is 0 Å². The Morgan fingerprint density at radius 1 is 0.923 bits per heavy atom. The molecule has 1 aromatic rings. The predicted octanol–water partition coefficient (Wildman–Crippen LogP) is 8.24. The largest absolute Gasteiger partial charge is 0.0956 e. The molecule has 0 atom stereocenters. The average molecular weight is 353 g/mol. The Morgan fingerprint density at radius 3 is 2.15 bits per heavy atom. The lowest BCUT2D eigenvalue weighted by Gasteiger charge is -2.26. The molecule has 0 spiro atoms. The molecule has 1 aromatic carbocycles. The Labute approximate surface area is 162 Å². The summed E-state index contributed by atoms with van der Waals surface area (Å²) in [4.78, 5) is 0. The van der Waals surface area contributed by atoms with Gasteiger partial charge >= 0.3 is 0 Å². The zero-order chi connectivity index (χ0) is 18.8. The minimum atomic E-state index is 0.728. The van der Waals surface area contributed by atoms with E-state index in [2.05, 4.69) is 49.9 Å². The van der Waals surface area contributed by atoms with Crippen molar-refractivity contribution < 1.29 is 0 Å². The van der Waals surface area contributed by atoms with Crippen LogP contribution in [0.5, 0.6) is 0 Å². The van der Waals surface area contributed by atoms with Gasteiger partial charge in [0.15, 0.2) is 0 Å². The van der Waals surface area contributed by atoms with E-state index in [0.29, 0.717) is 0 Å². The molecule has 0 nitrogen and oxygen atoms in total. The first kappa shape index (κ1) is 21.0. The Bertz CT molecular complexity index is 534. The molecule has 0 unspecified atom stereocenters. The fraction of sp³-hybridized carbons (Fsp3) is 0.615. The monoisotopic (exact) mass is 352 g/mol. The van der Waals surface area contributed by atoms with Crippen LogP contribution in [0.2, 0.25) is 0 Å². The Kier molecular flexibility index (Phi) is 9.23. The molecule has 26 heavy (non-hydrogen) atoms. The van der Waals surface area contributed by atoms with Crippen LogP contribution in [0, 0.1) is 11.8 Å². The molecular weight excluding hydrogens is 312 g/mol. The van der Waals surface area contributed by atoms with Crippen molar-refractivity contribution in [1.29, 1.82) is 0 Å². The van der Waals surface area contributed by atoms with Crippen LogP contribution in [0.15, 0.2) is 48.6 Å². The van der Waals surface area contributed by atoms with E-state index in [1.807, 2.05) is 13.8 Å². The SMILES string of the molecule is C=C(/C=C\Cc1ccc(C2CCCCC2)cc1)C1CCC(C)CC1.CC. The summed E-state index contributed by atoms with van der Waals surface area (Å²) in [6.07, 6.45) is 18.1. The highest BCUT2D eigenvalue weighted by Gasteiger charge is 2.19. The van der Waals surface area contributed by atoms with Gasteiger partial charge in [-0.25, -0.2) is 0 Å². The van der Waals surface area contributed by atoms with E-state index in [1.165, 1.54) is 68.9 Å². The molecule has 0 amide bonds. The predicted molar refractivity (Wildman–Crippen MR) is 117 cm³/mol. The maximum absolute atomic E-state index is 4.32. The van der Waals surface area contributed by atoms with E-state index in [0.717, 1.165) is 24.2 Å². The third-order valence-electron chi connectivity index (χ3n) is 6.28. The van der Waals surface area contributed by atoms with Crippen molar-refractivity contribution in [2.45, 2.75) is 90.9 Å². The van der Waals surface area contributed by atoms with Gasteiger partial charge < -0.3 is 0 Å². The summed E-state index contributed by atoms with van der Waals surface area (Å²) < 4.78 is 0. The van der Waals surface area contributed by atoms with Gasteiger partial charge in [0.1, 0.15) is 0 Å². The standard InChI is InChI=1S/C24H34.C2H6/c1-19-11-15-22(16-12-19)20(2)7-6-8-21-13-17-24(18-14-21)23-9-4-3-5-10-23;1-2/h6-7,13-14,17-19,22-23H,2-5,8-12,15-16H2,1H3;1-2H3/b7-6-;. The second-order valence-corrected chi connectivity index (χ2v) is 8.21. The van der Waals surface area contributed by atoms with Crippen LogP contribution >= 0.6 is 0 Å². The summed E-state index contributed by atoms with van der Waals surface area (Å²) in [7, 11) is 0. The van der Waals surface area contributed by atoms with Gasteiger partial charge in [-0.2, -0.15) is 0 Å². The van der Waals surface area contributed by atoms with E-state index in [-0.39, 0.29) is 0 Å². The maximum Gasteiger partial charge on any atom is -0.00942 e. The molecule has 2 saturated carbocycles. The second-order valence-electron chi connectivity index (χ2n) is 8.21. The van der Waals surface area contributed by atoms with Gasteiger partial charge in [0.05, 0.1) is 0 Å². The average Bonchev–Trinajstić information content (AvgIpc) is 2.71. The fourth-order valence-corrected chi connectivity index (χ4v) is 4.48. The first-order valence-corrected chi connectivity index (χ1v) is 11.2. The van der Waals surface area contributed by atoms with Crippen molar-refractivity contribution in [3.05, 3.63) is 59.7 Å². The van der Waals surface area contributed by atoms with Gasteiger partial charge in [0.25, 0.3) is 0 Å². The highest BCUT2D eigenvalue weighted by molar-refractivity contribution is 5.28. The molecule has 0 radical (unpaired) electrons. The van der Waals surface area contributed by atoms with Crippen LogP contribution in [-0.2, 0) is 6.42 Å². The number of rotatable bonds is 5. The highest BCUT2D eigenvalue weighted by Crippen LogP contribution is 2.33. The fourth-order valence-electron chi connectivity index (χ4n) is 4.48. The first-order chi connectivity index (χ1) is 12.7. The Hall–Kier alpha value is -1.30. The summed E-state index contributed by atoms with van der Waals surface area (Å²) >= 11 is 0. The summed E-state index contributed by atoms with van der Waals surface area (Å²) in [5.74, 6) is 2.46. The topological polar surface area (TPSA) is 0 Å². The van der Waals surface area contributed by atoms with Gasteiger partial charge in [-0.1, -0.05) is 101 Å². The van der Waals surface area contributed by atoms with E-state index in [4.69, 9.17) is 0 Å². The molecule has 3 rings (SSSR count). The third kappa shape index (κ3) is 6.45. The summed E-state index contributed by atoms with van der Waals surface area (Å²) in [6.45, 7) is 10.7. The van der Waals surface area contributed by atoms with Crippen LogP contribution < -0.4 is 0 Å². The Morgan fingerprint density at radius 2 is 1.54 bits per heavy atom. The quantitative estimate of drug-likeness (QED) is 0.468. The zero-order valence-corrected chi connectivity index (χ0v) is 17.5. The second kappa shape index (κ2) is 11.4. The molecule has 144 valence electrons. The molecule has 0 heterocycles. The van der Waals surface area contributed by atoms with E-state index < -0.39 is 0 Å². The summed E-state index contributed by atoms with van der Waals surface area (Å²) in [5, 5.41) is 0. The molecule has 2 aliphatic rings. The smallest absolute Gasteiger partial charge is 0.00942 e. The van der Waals surface area contributed by atoms with Gasteiger partial charge in [0.2, 0.25) is 0 Å². The molecule has 0 N–H and O–H groups in total. The Balaban J connectivity index is 0.00000117. The highest BCUT2D eigenvalue weighted by atomic mass is 14.2. The van der Waals surface area contributed by atoms with Crippen molar-refractivity contribution >= 4 is 0 Å².